The molecule has 8 heteroatoms. The quantitative estimate of drug-likeness (QED) is 0.549. The molecule has 2 unspecified atom stereocenters. The highest BCUT2D eigenvalue weighted by Crippen LogP contribution is 2.36. The number of aliphatic hydroxyl groups is 1. The van der Waals surface area contributed by atoms with Crippen LogP contribution in [-0.4, -0.2) is 60.8 Å². The zero-order chi connectivity index (χ0) is 22.5. The summed E-state index contributed by atoms with van der Waals surface area (Å²) in [5.41, 5.74) is 1.79. The Balaban J connectivity index is 1.57. The fraction of sp³-hybridized carbons (Fsp3) is 0.500. The summed E-state index contributed by atoms with van der Waals surface area (Å²) in [5.74, 6) is 0.326. The molecule has 2 aliphatic rings. The van der Waals surface area contributed by atoms with E-state index in [4.69, 9.17) is 19.3 Å². The Hall–Kier alpha value is -2.68. The van der Waals surface area contributed by atoms with Crippen molar-refractivity contribution in [2.75, 3.05) is 33.0 Å². The van der Waals surface area contributed by atoms with E-state index in [1.807, 2.05) is 36.5 Å². The number of carbonyl (C=O) groups is 2. The van der Waals surface area contributed by atoms with Crippen molar-refractivity contribution in [3.05, 3.63) is 47.9 Å². The number of carbonyl (C=O) groups excluding carboxylic acids is 2. The Morgan fingerprint density at radius 1 is 1.22 bits per heavy atom. The van der Waals surface area contributed by atoms with Crippen LogP contribution in [0.3, 0.4) is 0 Å². The van der Waals surface area contributed by atoms with Gasteiger partial charge in [-0.05, 0) is 36.5 Å². The van der Waals surface area contributed by atoms with Crippen molar-refractivity contribution in [3.8, 4) is 0 Å². The number of aliphatic hydroxyl groups excluding tert-OH is 1. The lowest BCUT2D eigenvalue weighted by Crippen LogP contribution is -2.34. The summed E-state index contributed by atoms with van der Waals surface area (Å²) in [4.78, 5) is 25.0. The Morgan fingerprint density at radius 3 is 2.78 bits per heavy atom. The van der Waals surface area contributed by atoms with Crippen LogP contribution in [0.2, 0.25) is 0 Å². The van der Waals surface area contributed by atoms with Crippen LogP contribution in [-0.2, 0) is 19.0 Å². The van der Waals surface area contributed by atoms with Crippen molar-refractivity contribution in [1.82, 2.24) is 9.88 Å². The normalized spacial score (nSPS) is 20.6. The van der Waals surface area contributed by atoms with Crippen LogP contribution >= 0.6 is 0 Å². The van der Waals surface area contributed by atoms with E-state index in [0.29, 0.717) is 25.5 Å². The summed E-state index contributed by atoms with van der Waals surface area (Å²) in [6, 6.07) is 7.74. The number of amides is 1. The summed E-state index contributed by atoms with van der Waals surface area (Å²) in [6.45, 7) is 2.98. The highest BCUT2D eigenvalue weighted by atomic mass is 16.7. The fourth-order valence-electron chi connectivity index (χ4n) is 3.95. The molecule has 2 atom stereocenters. The first kappa shape index (κ1) is 22.5. The first-order valence-electron chi connectivity index (χ1n) is 11.1. The van der Waals surface area contributed by atoms with Gasteiger partial charge in [0.2, 0.25) is 12.2 Å². The van der Waals surface area contributed by atoms with Gasteiger partial charge in [0.15, 0.2) is 5.76 Å². The van der Waals surface area contributed by atoms with Gasteiger partial charge in [0, 0.05) is 37.4 Å². The van der Waals surface area contributed by atoms with E-state index in [2.05, 4.69) is 5.32 Å². The maximum Gasteiger partial charge on any atom is 0.286 e. The van der Waals surface area contributed by atoms with Gasteiger partial charge in [0.1, 0.15) is 0 Å². The molecule has 1 aromatic heterocycles. The first-order valence-corrected chi connectivity index (χ1v) is 11.1. The first-order chi connectivity index (χ1) is 15.6. The Bertz CT molecular complexity index is 994. The van der Waals surface area contributed by atoms with Crippen LogP contribution in [0.5, 0.6) is 0 Å². The van der Waals surface area contributed by atoms with Gasteiger partial charge in [-0.25, -0.2) is 0 Å². The van der Waals surface area contributed by atoms with E-state index in [9.17, 15) is 9.59 Å². The Kier molecular flexibility index (Phi) is 7.24. The van der Waals surface area contributed by atoms with Crippen molar-refractivity contribution in [3.63, 3.8) is 0 Å². The molecule has 1 saturated carbocycles. The average Bonchev–Trinajstić information content (AvgIpc) is 3.55. The largest absolute Gasteiger partial charge is 0.459 e. The number of ether oxygens (including phenoxy) is 3. The molecule has 32 heavy (non-hydrogen) atoms. The van der Waals surface area contributed by atoms with E-state index in [-0.39, 0.29) is 43.3 Å². The second-order valence-electron chi connectivity index (χ2n) is 8.27. The zero-order valence-corrected chi connectivity index (χ0v) is 18.3. The molecule has 4 rings (SSSR count). The second kappa shape index (κ2) is 10.3. The summed E-state index contributed by atoms with van der Waals surface area (Å²) in [7, 11) is 0. The van der Waals surface area contributed by atoms with Crippen molar-refractivity contribution >= 4 is 22.7 Å². The third-order valence-electron chi connectivity index (χ3n) is 5.78. The molecule has 1 aliphatic carbocycles. The Morgan fingerprint density at radius 2 is 2.03 bits per heavy atom. The van der Waals surface area contributed by atoms with Crippen LogP contribution in [0, 0.1) is 5.92 Å². The van der Waals surface area contributed by atoms with Gasteiger partial charge in [-0.3, -0.25) is 14.2 Å². The monoisotopic (exact) mass is 442 g/mol. The van der Waals surface area contributed by atoms with Gasteiger partial charge in [-0.2, -0.15) is 0 Å². The number of rotatable bonds is 10. The molecule has 2 aromatic rings. The molecule has 0 saturated heterocycles. The zero-order valence-electron chi connectivity index (χ0n) is 18.3. The van der Waals surface area contributed by atoms with E-state index in [0.717, 1.165) is 29.3 Å². The highest BCUT2D eigenvalue weighted by Gasteiger charge is 2.31. The van der Waals surface area contributed by atoms with Crippen molar-refractivity contribution in [2.24, 2.45) is 5.92 Å². The van der Waals surface area contributed by atoms with Crippen molar-refractivity contribution < 1.29 is 28.9 Å². The lowest BCUT2D eigenvalue weighted by molar-refractivity contribution is -0.151. The van der Waals surface area contributed by atoms with Gasteiger partial charge in [-0.1, -0.05) is 18.2 Å². The number of fused-ring (bicyclic) bond motifs is 1. The number of nitrogens with one attached hydrogen (secondary N) is 1. The van der Waals surface area contributed by atoms with Crippen LogP contribution in [0.25, 0.3) is 10.9 Å². The predicted molar refractivity (Wildman–Crippen MR) is 118 cm³/mol. The molecule has 1 fully saturated rings. The van der Waals surface area contributed by atoms with Crippen LogP contribution in [0.15, 0.2) is 42.3 Å². The summed E-state index contributed by atoms with van der Waals surface area (Å²) in [6.07, 6.45) is 5.85. The third-order valence-corrected chi connectivity index (χ3v) is 5.78. The molecule has 172 valence electrons. The maximum absolute atomic E-state index is 12.8. The SMILES string of the molecule is CC(=O)n1cc(C2C=C(C(=O)NCC3CC3)OC(OCCOCCO)C2)c2ccccc21. The van der Waals surface area contributed by atoms with Crippen LogP contribution < -0.4 is 5.32 Å². The van der Waals surface area contributed by atoms with Gasteiger partial charge < -0.3 is 24.6 Å². The molecule has 8 nitrogen and oxygen atoms in total. The lowest BCUT2D eigenvalue weighted by Gasteiger charge is -2.29. The number of allylic oxidation sites excluding steroid dienone is 1. The van der Waals surface area contributed by atoms with E-state index < -0.39 is 6.29 Å². The Labute approximate surface area is 187 Å². The molecule has 1 aromatic carbocycles. The average molecular weight is 443 g/mol. The minimum absolute atomic E-state index is 0.0454. The molecule has 0 bridgehead atoms. The van der Waals surface area contributed by atoms with E-state index in [1.165, 1.54) is 6.92 Å². The molecular weight excluding hydrogens is 412 g/mol. The van der Waals surface area contributed by atoms with Gasteiger partial charge in [0.25, 0.3) is 5.91 Å². The molecule has 0 radical (unpaired) electrons. The molecule has 1 aliphatic heterocycles. The summed E-state index contributed by atoms with van der Waals surface area (Å²) < 4.78 is 18.6. The fourth-order valence-corrected chi connectivity index (χ4v) is 3.95. The summed E-state index contributed by atoms with van der Waals surface area (Å²) in [5, 5.41) is 12.7. The predicted octanol–water partition coefficient (Wildman–Crippen LogP) is 2.57. The second-order valence-corrected chi connectivity index (χ2v) is 8.27. The van der Waals surface area contributed by atoms with Crippen LogP contribution in [0.4, 0.5) is 0 Å². The van der Waals surface area contributed by atoms with E-state index in [1.54, 1.807) is 4.57 Å². The topological polar surface area (TPSA) is 99.0 Å². The van der Waals surface area contributed by atoms with E-state index >= 15 is 0 Å². The number of nitrogens with zero attached hydrogens (tertiary/aromatic N) is 1. The standard InChI is InChI=1S/C24H30N2O6/c1-16(28)26-15-20(19-4-2-3-5-21(19)26)18-12-22(24(29)25-14-17-6-7-17)32-23(13-18)31-11-10-30-9-8-27/h2-5,12,15,17-18,23,27H,6-11,13-14H2,1H3,(H,25,29). The van der Waals surface area contributed by atoms with Gasteiger partial charge in [-0.15, -0.1) is 0 Å². The smallest absolute Gasteiger partial charge is 0.286 e. The minimum Gasteiger partial charge on any atom is -0.459 e. The van der Waals surface area contributed by atoms with Crippen molar-refractivity contribution in [1.29, 1.82) is 0 Å². The number of para-hydroxylation sites is 1. The molecule has 0 spiro atoms. The van der Waals surface area contributed by atoms with Gasteiger partial charge in [0.05, 0.1) is 31.9 Å². The van der Waals surface area contributed by atoms with Crippen LogP contribution in [0.1, 0.15) is 42.5 Å². The molecular formula is C24H30N2O6. The third kappa shape index (κ3) is 5.38. The number of aromatic nitrogens is 1. The molecule has 2 N–H and O–H groups in total. The summed E-state index contributed by atoms with van der Waals surface area (Å²) >= 11 is 0. The van der Waals surface area contributed by atoms with Gasteiger partial charge >= 0.3 is 0 Å². The molecule has 2 heterocycles. The number of hydrogen-bond acceptors (Lipinski definition) is 6. The number of benzene rings is 1. The van der Waals surface area contributed by atoms with Crippen molar-refractivity contribution in [2.45, 2.75) is 38.4 Å². The highest BCUT2D eigenvalue weighted by molar-refractivity contribution is 5.95. The maximum atomic E-state index is 12.8. The minimum atomic E-state index is -0.621. The lowest BCUT2D eigenvalue weighted by atomic mass is 9.92. The number of hydrogen-bond donors (Lipinski definition) is 2. The molecule has 1 amide bonds.